The van der Waals surface area contributed by atoms with E-state index < -0.39 is 24.0 Å². The summed E-state index contributed by atoms with van der Waals surface area (Å²) >= 11 is 2.49. The lowest BCUT2D eigenvalue weighted by Gasteiger charge is -2.16. The zero-order valence-corrected chi connectivity index (χ0v) is 27.5. The van der Waals surface area contributed by atoms with E-state index in [1.807, 2.05) is 36.4 Å². The van der Waals surface area contributed by atoms with E-state index in [-0.39, 0.29) is 5.48 Å². The fraction of sp³-hybridized carbons (Fsp3) is 0.353. The first-order valence-electron chi connectivity index (χ1n) is 14.8. The van der Waals surface area contributed by atoms with Crippen molar-refractivity contribution < 1.29 is 25.3 Å². The highest BCUT2D eigenvalue weighted by Gasteiger charge is 2.15. The maximum absolute atomic E-state index is 11.1. The number of primary amides is 2. The number of carbonyl (C=O) groups excluding carboxylic acids is 2. The highest BCUT2D eigenvalue weighted by molar-refractivity contribution is 7.14. The van der Waals surface area contributed by atoms with Crippen LogP contribution in [0.15, 0.2) is 84.9 Å². The molecule has 2 aromatic carbocycles. The second kappa shape index (κ2) is 19.9. The van der Waals surface area contributed by atoms with Gasteiger partial charge < -0.3 is 37.8 Å². The summed E-state index contributed by atoms with van der Waals surface area (Å²) < 4.78 is 0. The van der Waals surface area contributed by atoms with E-state index >= 15 is 0 Å². The molecule has 2 amide bonds. The summed E-state index contributed by atoms with van der Waals surface area (Å²) in [4.78, 5) is 24.6. The van der Waals surface area contributed by atoms with Crippen molar-refractivity contribution in [2.75, 3.05) is 13.1 Å². The van der Waals surface area contributed by atoms with Gasteiger partial charge in [-0.25, -0.2) is 0 Å². The first-order chi connectivity index (χ1) is 21.1. The van der Waals surface area contributed by atoms with E-state index in [2.05, 4.69) is 48.7 Å². The monoisotopic (exact) mass is 654 g/mol. The summed E-state index contributed by atoms with van der Waals surface area (Å²) in [6.07, 6.45) is 2.81. The molecule has 244 valence electrons. The highest BCUT2D eigenvalue weighted by Crippen LogP contribution is 2.24. The molecule has 11 heteroatoms. The summed E-state index contributed by atoms with van der Waals surface area (Å²) in [6, 6.07) is 28.2. The summed E-state index contributed by atoms with van der Waals surface area (Å²) in [5, 5.41) is 27.0. The predicted octanol–water partition coefficient (Wildman–Crippen LogP) is 4.16. The Morgan fingerprint density at radius 1 is 0.644 bits per heavy atom. The molecule has 0 spiro atoms. The fourth-order valence-corrected chi connectivity index (χ4v) is 6.11. The molecule has 0 aliphatic carbocycles. The third kappa shape index (κ3) is 13.6. The van der Waals surface area contributed by atoms with E-state index in [1.165, 1.54) is 33.8 Å². The Morgan fingerprint density at radius 3 is 1.31 bits per heavy atom. The Hall–Kier alpha value is -3.42. The van der Waals surface area contributed by atoms with Crippen LogP contribution < -0.4 is 22.1 Å². The number of aliphatic hydroxyl groups excluding tert-OH is 2. The molecule has 2 heterocycles. The molecule has 0 aliphatic rings. The lowest BCUT2D eigenvalue weighted by molar-refractivity contribution is 0.0995. The van der Waals surface area contributed by atoms with Gasteiger partial charge in [-0.1, -0.05) is 60.7 Å². The molecular weight excluding hydrogens is 609 g/mol. The van der Waals surface area contributed by atoms with Crippen molar-refractivity contribution in [2.45, 2.75) is 63.8 Å². The number of hydrogen-bond donors (Lipinski definition) is 6. The first-order valence-corrected chi connectivity index (χ1v) is 16.5. The van der Waals surface area contributed by atoms with Crippen molar-refractivity contribution >= 4 is 34.5 Å². The van der Waals surface area contributed by atoms with E-state index in [1.54, 1.807) is 24.3 Å². The highest BCUT2D eigenvalue weighted by atomic mass is 32.1. The smallest absolute Gasteiger partial charge is 0.258 e. The SMILES string of the molecule is CC(CCc1ccccc1)NCC(O)c1ccc(C(N)=O)s1.CC(CCc1ccccc1)NCC(O)c1ccc(C(N)=O)s1.O. The minimum absolute atomic E-state index is 0. The van der Waals surface area contributed by atoms with Gasteiger partial charge in [-0.2, -0.15) is 0 Å². The van der Waals surface area contributed by atoms with Crippen LogP contribution in [-0.4, -0.2) is 52.7 Å². The third-order valence-electron chi connectivity index (χ3n) is 7.13. The molecule has 0 saturated carbocycles. The van der Waals surface area contributed by atoms with Gasteiger partial charge in [-0.3, -0.25) is 9.59 Å². The van der Waals surface area contributed by atoms with Crippen LogP contribution in [-0.2, 0) is 12.8 Å². The molecule has 0 aliphatic heterocycles. The topological polar surface area (TPSA) is 182 Å². The van der Waals surface area contributed by atoms with Gasteiger partial charge in [0.1, 0.15) is 12.2 Å². The van der Waals surface area contributed by atoms with Crippen molar-refractivity contribution in [3.05, 3.63) is 116 Å². The standard InChI is InChI=1S/2C17H22N2O2S.H2O/c2*1-12(7-8-13-5-3-2-4-6-13)19-11-14(20)15-9-10-16(22-15)17(18)21;/h2*2-6,9-10,12,14,19-20H,7-8,11H2,1H3,(H2,18,21);1H2. The number of hydrogen-bond acceptors (Lipinski definition) is 8. The van der Waals surface area contributed by atoms with Crippen molar-refractivity contribution in [1.29, 1.82) is 0 Å². The summed E-state index contributed by atoms with van der Waals surface area (Å²) in [5.41, 5.74) is 13.1. The normalized spacial score (nSPS) is 13.4. The second-order valence-corrected chi connectivity index (χ2v) is 13.1. The molecule has 4 aromatic rings. The molecule has 9 nitrogen and oxygen atoms in total. The van der Waals surface area contributed by atoms with Crippen LogP contribution in [0.1, 0.15) is 79.1 Å². The van der Waals surface area contributed by atoms with Crippen molar-refractivity contribution in [2.24, 2.45) is 11.5 Å². The van der Waals surface area contributed by atoms with Gasteiger partial charge >= 0.3 is 0 Å². The Morgan fingerprint density at radius 2 is 1.00 bits per heavy atom. The first kappa shape index (κ1) is 37.8. The lowest BCUT2D eigenvalue weighted by atomic mass is 10.1. The van der Waals surface area contributed by atoms with Crippen LogP contribution >= 0.6 is 22.7 Å². The number of benzene rings is 2. The maximum Gasteiger partial charge on any atom is 0.258 e. The fourth-order valence-electron chi connectivity index (χ4n) is 4.42. The Kier molecular flexibility index (Phi) is 16.7. The average molecular weight is 655 g/mol. The van der Waals surface area contributed by atoms with Gasteiger partial charge in [0.05, 0.1) is 9.75 Å². The van der Waals surface area contributed by atoms with Crippen LogP contribution in [0.2, 0.25) is 0 Å². The number of thiophene rings is 2. The Balaban J connectivity index is 0.000000307. The quantitative estimate of drug-likeness (QED) is 0.105. The maximum atomic E-state index is 11.1. The minimum Gasteiger partial charge on any atom is -0.412 e. The summed E-state index contributed by atoms with van der Waals surface area (Å²) in [7, 11) is 0. The molecule has 4 unspecified atom stereocenters. The molecule has 0 bridgehead atoms. The van der Waals surface area contributed by atoms with E-state index in [4.69, 9.17) is 11.5 Å². The van der Waals surface area contributed by atoms with E-state index in [0.29, 0.717) is 34.9 Å². The number of nitrogens with two attached hydrogens (primary N) is 2. The summed E-state index contributed by atoms with van der Waals surface area (Å²) in [5.74, 6) is -0.903. The van der Waals surface area contributed by atoms with Crippen LogP contribution in [0.5, 0.6) is 0 Å². The van der Waals surface area contributed by atoms with Gasteiger partial charge in [0.25, 0.3) is 11.8 Å². The average Bonchev–Trinajstić information content (AvgIpc) is 3.73. The molecule has 0 fully saturated rings. The number of aryl methyl sites for hydroxylation is 2. The van der Waals surface area contributed by atoms with Gasteiger partial charge in [0, 0.05) is 34.9 Å². The van der Waals surface area contributed by atoms with Crippen LogP contribution in [0.4, 0.5) is 0 Å². The van der Waals surface area contributed by atoms with E-state index in [9.17, 15) is 19.8 Å². The molecule has 2 aromatic heterocycles. The molecule has 0 saturated heterocycles. The number of carbonyl (C=O) groups is 2. The Labute approximate surface area is 273 Å². The van der Waals surface area contributed by atoms with Crippen molar-refractivity contribution in [3.8, 4) is 0 Å². The summed E-state index contributed by atoms with van der Waals surface area (Å²) in [6.45, 7) is 5.15. The van der Waals surface area contributed by atoms with Gasteiger partial charge in [0.15, 0.2) is 0 Å². The number of aliphatic hydroxyl groups is 2. The number of rotatable bonds is 16. The van der Waals surface area contributed by atoms with Crippen molar-refractivity contribution in [1.82, 2.24) is 10.6 Å². The van der Waals surface area contributed by atoms with Crippen LogP contribution in [0.25, 0.3) is 0 Å². The zero-order chi connectivity index (χ0) is 31.9. The third-order valence-corrected chi connectivity index (χ3v) is 9.54. The number of amides is 2. The van der Waals surface area contributed by atoms with Gasteiger partial charge in [-0.15, -0.1) is 22.7 Å². The van der Waals surface area contributed by atoms with Crippen molar-refractivity contribution in [3.63, 3.8) is 0 Å². The largest absolute Gasteiger partial charge is 0.412 e. The number of nitrogens with one attached hydrogen (secondary N) is 2. The molecule has 45 heavy (non-hydrogen) atoms. The molecule has 10 N–H and O–H groups in total. The van der Waals surface area contributed by atoms with E-state index in [0.717, 1.165) is 35.4 Å². The second-order valence-electron chi connectivity index (χ2n) is 10.8. The predicted molar refractivity (Wildman–Crippen MR) is 184 cm³/mol. The molecule has 0 radical (unpaired) electrons. The zero-order valence-electron chi connectivity index (χ0n) is 25.8. The van der Waals surface area contributed by atoms with Gasteiger partial charge in [0.2, 0.25) is 0 Å². The molecular formula is C34H46N4O5S2. The lowest BCUT2D eigenvalue weighted by Crippen LogP contribution is -2.30. The van der Waals surface area contributed by atoms with Gasteiger partial charge in [-0.05, 0) is 74.9 Å². The van der Waals surface area contributed by atoms with Crippen LogP contribution in [0, 0.1) is 0 Å². The molecule has 4 atom stereocenters. The van der Waals surface area contributed by atoms with Crippen LogP contribution in [0.3, 0.4) is 0 Å². The Bertz CT molecular complexity index is 1310. The minimum atomic E-state index is -0.614. The molecule has 4 rings (SSSR count).